The molecule has 0 unspecified atom stereocenters. The minimum Gasteiger partial charge on any atom is -0.302 e. The highest BCUT2D eigenvalue weighted by Gasteiger charge is 2.37. The van der Waals surface area contributed by atoms with Crippen LogP contribution in [0.1, 0.15) is 16.2 Å². The molecule has 0 spiro atoms. The van der Waals surface area contributed by atoms with Crippen molar-refractivity contribution in [2.75, 3.05) is 5.75 Å². The number of carbonyl (C=O) groups is 1. The molecular weight excluding hydrogens is 337 g/mol. The summed E-state index contributed by atoms with van der Waals surface area (Å²) < 4.78 is 38.5. The summed E-state index contributed by atoms with van der Waals surface area (Å²) in [6, 6.07) is 4.95. The molecule has 0 aliphatic carbocycles. The Morgan fingerprint density at radius 3 is 2.39 bits per heavy atom. The standard InChI is InChI=1S/C12H9F3N4O3S/c1-18-10(12(13,14)15)16-17-11(18)23-6-9(20)7-2-4-8(5-3-7)19(21)22/h2-5H,6H2,1H3. The van der Waals surface area contributed by atoms with E-state index in [9.17, 15) is 28.1 Å². The fraction of sp³-hybridized carbons (Fsp3) is 0.250. The minimum absolute atomic E-state index is 0.0485. The molecule has 1 aromatic carbocycles. The summed E-state index contributed by atoms with van der Waals surface area (Å²) in [5, 5.41) is 16.9. The van der Waals surface area contributed by atoms with Gasteiger partial charge in [0, 0.05) is 24.7 Å². The number of carbonyl (C=O) groups excluding carboxylic acids is 1. The average molecular weight is 346 g/mol. The van der Waals surface area contributed by atoms with E-state index in [1.165, 1.54) is 24.3 Å². The Balaban J connectivity index is 2.05. The molecule has 0 saturated heterocycles. The van der Waals surface area contributed by atoms with Crippen LogP contribution >= 0.6 is 11.8 Å². The van der Waals surface area contributed by atoms with Gasteiger partial charge in [-0.05, 0) is 12.1 Å². The highest BCUT2D eigenvalue weighted by molar-refractivity contribution is 7.99. The lowest BCUT2D eigenvalue weighted by Crippen LogP contribution is -2.13. The summed E-state index contributed by atoms with van der Waals surface area (Å²) in [6.45, 7) is 0. The smallest absolute Gasteiger partial charge is 0.302 e. The van der Waals surface area contributed by atoms with Crippen molar-refractivity contribution in [3.8, 4) is 0 Å². The maximum Gasteiger partial charge on any atom is 0.451 e. The molecule has 0 saturated carbocycles. The van der Waals surface area contributed by atoms with Crippen molar-refractivity contribution in [3.05, 3.63) is 45.8 Å². The van der Waals surface area contributed by atoms with Crippen molar-refractivity contribution >= 4 is 23.2 Å². The number of aromatic nitrogens is 3. The number of nitrogens with zero attached hydrogens (tertiary/aromatic N) is 4. The summed E-state index contributed by atoms with van der Waals surface area (Å²) in [7, 11) is 1.15. The van der Waals surface area contributed by atoms with Gasteiger partial charge < -0.3 is 4.57 Å². The first-order valence-electron chi connectivity index (χ1n) is 6.07. The quantitative estimate of drug-likeness (QED) is 0.358. The molecule has 0 aliphatic rings. The molecular formula is C12H9F3N4O3S. The van der Waals surface area contributed by atoms with Gasteiger partial charge in [0.25, 0.3) is 5.69 Å². The molecule has 2 rings (SSSR count). The highest BCUT2D eigenvalue weighted by Crippen LogP contribution is 2.29. The van der Waals surface area contributed by atoms with Crippen LogP contribution < -0.4 is 0 Å². The second-order valence-electron chi connectivity index (χ2n) is 4.38. The van der Waals surface area contributed by atoms with Crippen molar-refractivity contribution in [3.63, 3.8) is 0 Å². The number of hydrogen-bond donors (Lipinski definition) is 0. The van der Waals surface area contributed by atoms with Gasteiger partial charge in [0.1, 0.15) is 0 Å². The Morgan fingerprint density at radius 2 is 1.91 bits per heavy atom. The van der Waals surface area contributed by atoms with Gasteiger partial charge in [0.2, 0.25) is 5.82 Å². The number of alkyl halides is 3. The highest BCUT2D eigenvalue weighted by atomic mass is 32.2. The summed E-state index contributed by atoms with van der Waals surface area (Å²) in [5.74, 6) is -1.70. The maximum atomic E-state index is 12.6. The van der Waals surface area contributed by atoms with Crippen LogP contribution in [0.25, 0.3) is 0 Å². The van der Waals surface area contributed by atoms with E-state index in [4.69, 9.17) is 0 Å². The van der Waals surface area contributed by atoms with Crippen molar-refractivity contribution in [1.82, 2.24) is 14.8 Å². The number of hydrogen-bond acceptors (Lipinski definition) is 6. The minimum atomic E-state index is -4.62. The van der Waals surface area contributed by atoms with Crippen LogP contribution in [-0.4, -0.2) is 31.2 Å². The van der Waals surface area contributed by atoms with E-state index in [2.05, 4.69) is 10.2 Å². The third kappa shape index (κ3) is 3.86. The topological polar surface area (TPSA) is 90.9 Å². The molecule has 11 heteroatoms. The first kappa shape index (κ1) is 16.9. The number of ketones is 1. The molecule has 2 aromatic rings. The van der Waals surface area contributed by atoms with Crippen molar-refractivity contribution in [1.29, 1.82) is 0 Å². The molecule has 23 heavy (non-hydrogen) atoms. The number of Topliss-reactive ketones (excluding diaryl/α,β-unsaturated/α-hetero) is 1. The third-order valence-corrected chi connectivity index (χ3v) is 3.84. The molecule has 0 radical (unpaired) electrons. The predicted octanol–water partition coefficient (Wildman–Crippen LogP) is 2.72. The molecule has 7 nitrogen and oxygen atoms in total. The Kier molecular flexibility index (Phi) is 4.68. The summed E-state index contributed by atoms with van der Waals surface area (Å²) in [6.07, 6.45) is -4.62. The number of non-ortho nitro benzene ring substituents is 1. The Labute approximate surface area is 131 Å². The monoisotopic (exact) mass is 346 g/mol. The lowest BCUT2D eigenvalue weighted by molar-refractivity contribution is -0.384. The molecule has 0 aliphatic heterocycles. The van der Waals surface area contributed by atoms with Gasteiger partial charge in [-0.25, -0.2) is 0 Å². The van der Waals surface area contributed by atoms with Gasteiger partial charge in [-0.3, -0.25) is 14.9 Å². The molecule has 0 fully saturated rings. The van der Waals surface area contributed by atoms with Crippen molar-refractivity contribution in [2.24, 2.45) is 7.05 Å². The second-order valence-corrected chi connectivity index (χ2v) is 5.32. The van der Waals surface area contributed by atoms with Gasteiger partial charge in [-0.1, -0.05) is 11.8 Å². The van der Waals surface area contributed by atoms with Crippen molar-refractivity contribution in [2.45, 2.75) is 11.3 Å². The molecule has 0 amide bonds. The number of halogens is 3. The summed E-state index contributed by atoms with van der Waals surface area (Å²) >= 11 is 0.803. The van der Waals surface area contributed by atoms with E-state index >= 15 is 0 Å². The number of benzene rings is 1. The van der Waals surface area contributed by atoms with E-state index in [1.807, 2.05) is 0 Å². The zero-order valence-electron chi connectivity index (χ0n) is 11.6. The molecule has 122 valence electrons. The Morgan fingerprint density at radius 1 is 1.30 bits per heavy atom. The fourth-order valence-electron chi connectivity index (χ4n) is 1.67. The predicted molar refractivity (Wildman–Crippen MR) is 74.2 cm³/mol. The Bertz CT molecular complexity index is 743. The molecule has 0 bridgehead atoms. The number of nitro benzene ring substituents is 1. The van der Waals surface area contributed by atoms with Crippen molar-refractivity contribution < 1.29 is 22.9 Å². The van der Waals surface area contributed by atoms with Crippen LogP contribution in [0.5, 0.6) is 0 Å². The van der Waals surface area contributed by atoms with Crippen LogP contribution in [0.15, 0.2) is 29.4 Å². The van der Waals surface area contributed by atoms with Crippen LogP contribution in [0.2, 0.25) is 0 Å². The van der Waals surface area contributed by atoms with E-state index < -0.39 is 16.9 Å². The molecule has 0 N–H and O–H groups in total. The van der Waals surface area contributed by atoms with E-state index in [1.54, 1.807) is 0 Å². The maximum absolute atomic E-state index is 12.6. The number of nitro groups is 1. The van der Waals surface area contributed by atoms with Gasteiger partial charge >= 0.3 is 6.18 Å². The molecule has 1 heterocycles. The van der Waals surface area contributed by atoms with Gasteiger partial charge in [-0.15, -0.1) is 10.2 Å². The molecule has 0 atom stereocenters. The van der Waals surface area contributed by atoms with Gasteiger partial charge in [0.05, 0.1) is 10.7 Å². The zero-order valence-corrected chi connectivity index (χ0v) is 12.4. The molecule has 1 aromatic heterocycles. The van der Waals surface area contributed by atoms with E-state index in [-0.39, 0.29) is 27.9 Å². The number of rotatable bonds is 5. The lowest BCUT2D eigenvalue weighted by atomic mass is 10.1. The van der Waals surface area contributed by atoms with Crippen LogP contribution in [0.3, 0.4) is 0 Å². The SMILES string of the molecule is Cn1c(SCC(=O)c2ccc([N+](=O)[O-])cc2)nnc1C(F)(F)F. The largest absolute Gasteiger partial charge is 0.451 e. The fourth-order valence-corrected chi connectivity index (χ4v) is 2.48. The Hall–Kier alpha value is -2.43. The van der Waals surface area contributed by atoms with Gasteiger partial charge in [0.15, 0.2) is 10.9 Å². The van der Waals surface area contributed by atoms with Crippen LogP contribution in [0.4, 0.5) is 18.9 Å². The summed E-state index contributed by atoms with van der Waals surface area (Å²) in [4.78, 5) is 21.9. The normalized spacial score (nSPS) is 11.5. The van der Waals surface area contributed by atoms with E-state index in [0.717, 1.165) is 23.4 Å². The van der Waals surface area contributed by atoms with Crippen LogP contribution in [0, 0.1) is 10.1 Å². The van der Waals surface area contributed by atoms with E-state index in [0.29, 0.717) is 0 Å². The second kappa shape index (κ2) is 6.36. The van der Waals surface area contributed by atoms with Gasteiger partial charge in [-0.2, -0.15) is 13.2 Å². The van der Waals surface area contributed by atoms with Crippen LogP contribution in [-0.2, 0) is 13.2 Å². The average Bonchev–Trinajstić information content (AvgIpc) is 2.86. The summed E-state index contributed by atoms with van der Waals surface area (Å²) in [5.41, 5.74) is 0.0682. The first-order chi connectivity index (χ1) is 10.7. The lowest BCUT2D eigenvalue weighted by Gasteiger charge is -2.06. The zero-order chi connectivity index (χ0) is 17.2. The third-order valence-electron chi connectivity index (χ3n) is 2.82. The number of thioether (sulfide) groups is 1. The first-order valence-corrected chi connectivity index (χ1v) is 7.05.